The third-order valence-corrected chi connectivity index (χ3v) is 8.62. The lowest BCUT2D eigenvalue weighted by Gasteiger charge is -2.40. The second-order valence-electron chi connectivity index (χ2n) is 10.2. The van der Waals surface area contributed by atoms with Crippen molar-refractivity contribution in [2.24, 2.45) is 0 Å². The summed E-state index contributed by atoms with van der Waals surface area (Å²) in [6.07, 6.45) is 0. The van der Waals surface area contributed by atoms with Gasteiger partial charge in [-0.3, -0.25) is 0 Å². The molecule has 4 aromatic rings. The fourth-order valence-corrected chi connectivity index (χ4v) is 6.88. The van der Waals surface area contributed by atoms with Crippen molar-refractivity contribution in [1.82, 2.24) is 0 Å². The van der Waals surface area contributed by atoms with Crippen molar-refractivity contribution in [3.63, 3.8) is 0 Å². The first-order valence-electron chi connectivity index (χ1n) is 13.4. The molecule has 6 rings (SSSR count). The molecule has 206 valence electrons. The molecule has 0 fully saturated rings. The third kappa shape index (κ3) is 3.93. The fourth-order valence-electron chi connectivity index (χ4n) is 6.88. The molecule has 40 heavy (non-hydrogen) atoms. The van der Waals surface area contributed by atoms with Crippen molar-refractivity contribution < 1.29 is 28.4 Å². The largest absolute Gasteiger partial charge is 0.497 e. The Morgan fingerprint density at radius 1 is 0.375 bits per heavy atom. The van der Waals surface area contributed by atoms with Gasteiger partial charge in [0.2, 0.25) is 0 Å². The quantitative estimate of drug-likeness (QED) is 0.243. The molecule has 4 atom stereocenters. The molecule has 0 N–H and O–H groups in total. The second-order valence-corrected chi connectivity index (χ2v) is 10.2. The Hall–Kier alpha value is -4.32. The average molecular weight is 539 g/mol. The Morgan fingerprint density at radius 2 is 0.750 bits per heavy atom. The zero-order valence-electron chi connectivity index (χ0n) is 23.7. The van der Waals surface area contributed by atoms with Gasteiger partial charge in [0.1, 0.15) is 11.5 Å². The number of benzene rings is 4. The molecule has 2 bridgehead atoms. The predicted octanol–water partition coefficient (Wildman–Crippen LogP) is 6.90. The molecule has 0 saturated carbocycles. The van der Waals surface area contributed by atoms with Crippen LogP contribution < -0.4 is 28.4 Å². The average Bonchev–Trinajstić information content (AvgIpc) is 3.28. The van der Waals surface area contributed by atoms with Crippen molar-refractivity contribution in [3.05, 3.63) is 106 Å². The monoisotopic (exact) mass is 538 g/mol. The van der Waals surface area contributed by atoms with Crippen LogP contribution >= 0.6 is 0 Å². The van der Waals surface area contributed by atoms with Crippen LogP contribution in [0.2, 0.25) is 0 Å². The van der Waals surface area contributed by atoms with E-state index in [0.29, 0.717) is 0 Å². The first-order chi connectivity index (χ1) is 19.6. The Morgan fingerprint density at radius 3 is 1.18 bits per heavy atom. The lowest BCUT2D eigenvalue weighted by atomic mass is 9.63. The van der Waals surface area contributed by atoms with Crippen molar-refractivity contribution in [2.45, 2.75) is 23.7 Å². The van der Waals surface area contributed by atoms with Crippen LogP contribution in [0.25, 0.3) is 0 Å². The van der Waals surface area contributed by atoms with Gasteiger partial charge < -0.3 is 28.4 Å². The van der Waals surface area contributed by atoms with Gasteiger partial charge in [-0.15, -0.1) is 0 Å². The molecule has 6 nitrogen and oxygen atoms in total. The lowest BCUT2D eigenvalue weighted by Crippen LogP contribution is -2.26. The maximum atomic E-state index is 5.82. The van der Waals surface area contributed by atoms with Crippen LogP contribution in [0.4, 0.5) is 0 Å². The Labute approximate surface area is 235 Å². The summed E-state index contributed by atoms with van der Waals surface area (Å²) >= 11 is 0. The maximum absolute atomic E-state index is 5.82. The standard InChI is InChI=1S/C34H34O6/c1-35-21-11-7-19(8-12-21)31-23-15-27(37-3)28(38-4)16-24(23)33-25-17-29(39-5)30(40-6)18-26(25)34(31)32(33)20-9-13-22(36-2)14-10-20/h7-18,31-34H,1-6H3/t31-,32-,33+,34+/m0/s1. The molecule has 6 heteroatoms. The van der Waals surface area contributed by atoms with Gasteiger partial charge in [-0.05, 0) is 81.9 Å². The van der Waals surface area contributed by atoms with Crippen molar-refractivity contribution in [2.75, 3.05) is 42.7 Å². The highest BCUT2D eigenvalue weighted by Gasteiger charge is 2.52. The highest BCUT2D eigenvalue weighted by atomic mass is 16.5. The summed E-state index contributed by atoms with van der Waals surface area (Å²) in [7, 11) is 10.2. The molecule has 0 radical (unpaired) electrons. The van der Waals surface area contributed by atoms with E-state index in [9.17, 15) is 0 Å². The van der Waals surface area contributed by atoms with E-state index in [1.807, 2.05) is 24.3 Å². The summed E-state index contributed by atoms with van der Waals surface area (Å²) in [5.41, 5.74) is 7.42. The first kappa shape index (κ1) is 25.9. The van der Waals surface area contributed by atoms with Crippen LogP contribution in [0.1, 0.15) is 57.1 Å². The molecule has 0 amide bonds. The second kappa shape index (κ2) is 10.3. The van der Waals surface area contributed by atoms with Gasteiger partial charge in [-0.25, -0.2) is 0 Å². The Kier molecular flexibility index (Phi) is 6.70. The highest BCUT2D eigenvalue weighted by Crippen LogP contribution is 2.67. The van der Waals surface area contributed by atoms with Gasteiger partial charge in [0.15, 0.2) is 23.0 Å². The van der Waals surface area contributed by atoms with Crippen LogP contribution in [0.3, 0.4) is 0 Å². The molecule has 0 saturated heterocycles. The van der Waals surface area contributed by atoms with Crippen LogP contribution in [-0.2, 0) is 0 Å². The third-order valence-electron chi connectivity index (χ3n) is 8.62. The van der Waals surface area contributed by atoms with Crippen LogP contribution in [0.15, 0.2) is 72.8 Å². The van der Waals surface area contributed by atoms with E-state index in [4.69, 9.17) is 28.4 Å². The summed E-state index contributed by atoms with van der Waals surface area (Å²) in [6, 6.07) is 25.6. The molecular formula is C34H34O6. The molecular weight excluding hydrogens is 504 g/mol. The Bertz CT molecular complexity index is 1530. The number of hydrogen-bond donors (Lipinski definition) is 0. The zero-order valence-corrected chi connectivity index (χ0v) is 23.7. The van der Waals surface area contributed by atoms with Gasteiger partial charge in [0, 0.05) is 23.7 Å². The van der Waals surface area contributed by atoms with Gasteiger partial charge in [-0.2, -0.15) is 0 Å². The normalized spacial score (nSPS) is 20.2. The van der Waals surface area contributed by atoms with Gasteiger partial charge in [-0.1, -0.05) is 24.3 Å². The van der Waals surface area contributed by atoms with E-state index in [0.717, 1.165) is 34.5 Å². The first-order valence-corrected chi connectivity index (χ1v) is 13.4. The maximum Gasteiger partial charge on any atom is 0.161 e. The van der Waals surface area contributed by atoms with Gasteiger partial charge in [0.05, 0.1) is 42.7 Å². The molecule has 0 aromatic heterocycles. The minimum atomic E-state index is 0.0448. The Balaban J connectivity index is 1.68. The van der Waals surface area contributed by atoms with E-state index in [2.05, 4.69) is 48.5 Å². The van der Waals surface area contributed by atoms with Crippen LogP contribution in [-0.4, -0.2) is 42.7 Å². The van der Waals surface area contributed by atoms with Gasteiger partial charge >= 0.3 is 0 Å². The molecule has 2 aliphatic carbocycles. The van der Waals surface area contributed by atoms with E-state index in [1.54, 1.807) is 42.7 Å². The number of rotatable bonds is 8. The van der Waals surface area contributed by atoms with Crippen molar-refractivity contribution >= 4 is 0 Å². The molecule has 0 aliphatic heterocycles. The summed E-state index contributed by atoms with van der Waals surface area (Å²) in [4.78, 5) is 0. The molecule has 0 heterocycles. The van der Waals surface area contributed by atoms with Gasteiger partial charge in [0.25, 0.3) is 0 Å². The zero-order chi connectivity index (χ0) is 28.0. The van der Waals surface area contributed by atoms with Crippen molar-refractivity contribution in [3.8, 4) is 34.5 Å². The molecule has 2 aliphatic rings. The minimum absolute atomic E-state index is 0.0448. The minimum Gasteiger partial charge on any atom is -0.497 e. The summed E-state index contributed by atoms with van der Waals surface area (Å²) < 4.78 is 34.2. The van der Waals surface area contributed by atoms with Crippen molar-refractivity contribution in [1.29, 1.82) is 0 Å². The fraction of sp³-hybridized carbons (Fsp3) is 0.294. The molecule has 0 spiro atoms. The van der Waals surface area contributed by atoms with Crippen LogP contribution in [0, 0.1) is 0 Å². The molecule has 0 unspecified atom stereocenters. The smallest absolute Gasteiger partial charge is 0.161 e. The highest BCUT2D eigenvalue weighted by molar-refractivity contribution is 5.67. The van der Waals surface area contributed by atoms with E-state index < -0.39 is 0 Å². The number of ether oxygens (including phenoxy) is 6. The predicted molar refractivity (Wildman–Crippen MR) is 154 cm³/mol. The summed E-state index contributed by atoms with van der Waals surface area (Å²) in [5, 5.41) is 0. The topological polar surface area (TPSA) is 55.4 Å². The molecule has 4 aromatic carbocycles. The number of hydrogen-bond acceptors (Lipinski definition) is 6. The SMILES string of the molecule is COc1ccc([C@H]2c3cc(OC)c(OC)cc3[C@@H]3c4cc(OC)c(OC)cc4[C@H]2[C@H]3c2ccc(OC)cc2)cc1. The van der Waals surface area contributed by atoms with Crippen LogP contribution in [0.5, 0.6) is 34.5 Å². The number of fused-ring (bicyclic) bond motifs is 7. The summed E-state index contributed by atoms with van der Waals surface area (Å²) in [6.45, 7) is 0. The van der Waals surface area contributed by atoms with E-state index >= 15 is 0 Å². The van der Waals surface area contributed by atoms with E-state index in [-0.39, 0.29) is 23.7 Å². The lowest BCUT2D eigenvalue weighted by molar-refractivity contribution is 0.351. The number of methoxy groups -OCH3 is 6. The van der Waals surface area contributed by atoms with E-state index in [1.165, 1.54) is 33.4 Å². The summed E-state index contributed by atoms with van der Waals surface area (Å²) in [5.74, 6) is 4.99.